The number of halogens is 5. The fourth-order valence-electron chi connectivity index (χ4n) is 1.75. The first kappa shape index (κ1) is 13.5. The molecule has 1 aromatic carbocycles. The highest BCUT2D eigenvalue weighted by Crippen LogP contribution is 2.30. The predicted octanol–water partition coefficient (Wildman–Crippen LogP) is 4.14. The molecular formula is C12H9F5N2. The van der Waals surface area contributed by atoms with Crippen LogP contribution in [0.4, 0.5) is 22.0 Å². The standard InChI is InChI=1S/C12H9F5N2/c1-7-18-6-10(11(13)14)19(7)9-4-2-8(3-5-9)12(15,16)17/h2-6,11H,1H3. The van der Waals surface area contributed by atoms with Crippen molar-refractivity contribution in [3.8, 4) is 5.69 Å². The minimum absolute atomic E-state index is 0.221. The molecule has 0 atom stereocenters. The summed E-state index contributed by atoms with van der Waals surface area (Å²) in [5, 5.41) is 0. The average molecular weight is 276 g/mol. The summed E-state index contributed by atoms with van der Waals surface area (Å²) < 4.78 is 63.9. The molecule has 0 saturated carbocycles. The van der Waals surface area contributed by atoms with E-state index in [1.165, 1.54) is 6.92 Å². The second-order valence-electron chi connectivity index (χ2n) is 3.91. The first-order chi connectivity index (χ1) is 8.80. The molecule has 2 aromatic rings. The van der Waals surface area contributed by atoms with Crippen LogP contribution in [0.15, 0.2) is 30.5 Å². The van der Waals surface area contributed by atoms with Crippen molar-refractivity contribution in [1.82, 2.24) is 9.55 Å². The van der Waals surface area contributed by atoms with E-state index in [1.807, 2.05) is 0 Å². The summed E-state index contributed by atoms with van der Waals surface area (Å²) in [6.07, 6.45) is -6.19. The van der Waals surface area contributed by atoms with E-state index in [1.54, 1.807) is 0 Å². The Morgan fingerprint density at radius 3 is 2.16 bits per heavy atom. The van der Waals surface area contributed by atoms with Crippen LogP contribution in [-0.4, -0.2) is 9.55 Å². The van der Waals surface area contributed by atoms with E-state index in [2.05, 4.69) is 4.98 Å². The molecule has 0 aliphatic heterocycles. The topological polar surface area (TPSA) is 17.8 Å². The van der Waals surface area contributed by atoms with Gasteiger partial charge in [0, 0.05) is 5.69 Å². The van der Waals surface area contributed by atoms with Crippen molar-refractivity contribution in [1.29, 1.82) is 0 Å². The number of benzene rings is 1. The highest BCUT2D eigenvalue weighted by molar-refractivity contribution is 5.38. The van der Waals surface area contributed by atoms with Gasteiger partial charge in [-0.1, -0.05) is 0 Å². The third kappa shape index (κ3) is 2.59. The number of rotatable bonds is 2. The number of aryl methyl sites for hydroxylation is 1. The Morgan fingerprint density at radius 1 is 1.11 bits per heavy atom. The van der Waals surface area contributed by atoms with Crippen LogP contribution in [0.1, 0.15) is 23.5 Å². The van der Waals surface area contributed by atoms with Gasteiger partial charge in [0.1, 0.15) is 11.5 Å². The quantitative estimate of drug-likeness (QED) is 0.754. The van der Waals surface area contributed by atoms with E-state index in [0.717, 1.165) is 35.0 Å². The molecule has 102 valence electrons. The largest absolute Gasteiger partial charge is 0.416 e. The lowest BCUT2D eigenvalue weighted by Gasteiger charge is -2.11. The van der Waals surface area contributed by atoms with Gasteiger partial charge in [0.05, 0.1) is 11.8 Å². The number of hydrogen-bond donors (Lipinski definition) is 0. The zero-order valence-electron chi connectivity index (χ0n) is 9.75. The highest BCUT2D eigenvalue weighted by Gasteiger charge is 2.30. The molecule has 2 nitrogen and oxygen atoms in total. The zero-order chi connectivity index (χ0) is 14.2. The molecule has 0 bridgehead atoms. The molecule has 0 radical (unpaired) electrons. The van der Waals surface area contributed by atoms with Crippen LogP contribution in [-0.2, 0) is 6.18 Å². The number of hydrogen-bond acceptors (Lipinski definition) is 1. The number of imidazole rings is 1. The number of nitrogens with zero attached hydrogens (tertiary/aromatic N) is 2. The summed E-state index contributed by atoms with van der Waals surface area (Å²) in [6, 6.07) is 3.99. The molecule has 0 saturated heterocycles. The lowest BCUT2D eigenvalue weighted by Crippen LogP contribution is -2.06. The Morgan fingerprint density at radius 2 is 1.68 bits per heavy atom. The summed E-state index contributed by atoms with van der Waals surface area (Å²) in [5.41, 5.74) is -0.955. The summed E-state index contributed by atoms with van der Waals surface area (Å²) in [5.74, 6) is 0.287. The van der Waals surface area contributed by atoms with Crippen molar-refractivity contribution in [3.63, 3.8) is 0 Å². The molecule has 0 N–H and O–H groups in total. The summed E-state index contributed by atoms with van der Waals surface area (Å²) in [4.78, 5) is 3.75. The van der Waals surface area contributed by atoms with Gasteiger partial charge in [-0.3, -0.25) is 4.57 Å². The number of aromatic nitrogens is 2. The van der Waals surface area contributed by atoms with Crippen LogP contribution < -0.4 is 0 Å². The fourth-order valence-corrected chi connectivity index (χ4v) is 1.75. The zero-order valence-corrected chi connectivity index (χ0v) is 9.75. The first-order valence-corrected chi connectivity index (χ1v) is 5.30. The molecule has 2 rings (SSSR count). The molecule has 0 spiro atoms. The molecule has 1 aromatic heterocycles. The van der Waals surface area contributed by atoms with E-state index in [9.17, 15) is 22.0 Å². The summed E-state index contributed by atoms with van der Waals surface area (Å²) >= 11 is 0. The molecular weight excluding hydrogens is 267 g/mol. The van der Waals surface area contributed by atoms with E-state index in [-0.39, 0.29) is 17.2 Å². The van der Waals surface area contributed by atoms with E-state index >= 15 is 0 Å². The molecule has 0 aliphatic rings. The summed E-state index contributed by atoms with van der Waals surface area (Å²) in [7, 11) is 0. The second-order valence-corrected chi connectivity index (χ2v) is 3.91. The van der Waals surface area contributed by atoms with Crippen LogP contribution in [0, 0.1) is 6.92 Å². The van der Waals surface area contributed by atoms with E-state index in [4.69, 9.17) is 0 Å². The molecule has 0 fully saturated rings. The lowest BCUT2D eigenvalue weighted by atomic mass is 10.2. The SMILES string of the molecule is Cc1ncc(C(F)F)n1-c1ccc(C(F)(F)F)cc1. The lowest BCUT2D eigenvalue weighted by molar-refractivity contribution is -0.137. The number of alkyl halides is 5. The molecule has 0 aliphatic carbocycles. The van der Waals surface area contributed by atoms with Crippen molar-refractivity contribution < 1.29 is 22.0 Å². The van der Waals surface area contributed by atoms with Gasteiger partial charge in [0.2, 0.25) is 0 Å². The van der Waals surface area contributed by atoms with Gasteiger partial charge in [0.25, 0.3) is 6.43 Å². The Kier molecular flexibility index (Phi) is 3.30. The third-order valence-corrected chi connectivity index (χ3v) is 2.64. The van der Waals surface area contributed by atoms with Gasteiger partial charge >= 0.3 is 6.18 Å². The smallest absolute Gasteiger partial charge is 0.295 e. The highest BCUT2D eigenvalue weighted by atomic mass is 19.4. The molecule has 19 heavy (non-hydrogen) atoms. The Balaban J connectivity index is 2.46. The molecule has 0 unspecified atom stereocenters. The maximum Gasteiger partial charge on any atom is 0.416 e. The van der Waals surface area contributed by atoms with Crippen LogP contribution in [0.2, 0.25) is 0 Å². The Hall–Kier alpha value is -1.92. The van der Waals surface area contributed by atoms with Crippen molar-refractivity contribution in [2.24, 2.45) is 0 Å². The Labute approximate surface area is 105 Å². The average Bonchev–Trinajstić information content (AvgIpc) is 2.70. The van der Waals surface area contributed by atoms with Gasteiger partial charge in [-0.25, -0.2) is 13.8 Å². The molecule has 7 heteroatoms. The summed E-state index contributed by atoms with van der Waals surface area (Å²) in [6.45, 7) is 1.50. The van der Waals surface area contributed by atoms with E-state index in [0.29, 0.717) is 0 Å². The second kappa shape index (κ2) is 4.64. The van der Waals surface area contributed by atoms with Gasteiger partial charge in [-0.05, 0) is 31.2 Å². The normalized spacial score (nSPS) is 12.2. The minimum Gasteiger partial charge on any atom is -0.295 e. The van der Waals surface area contributed by atoms with Crippen LogP contribution in [0.25, 0.3) is 5.69 Å². The minimum atomic E-state index is -4.45. The Bertz CT molecular complexity index is 569. The van der Waals surface area contributed by atoms with Gasteiger partial charge in [0.15, 0.2) is 0 Å². The van der Waals surface area contributed by atoms with Crippen molar-refractivity contribution in [2.75, 3.05) is 0 Å². The molecule has 1 heterocycles. The fraction of sp³-hybridized carbons (Fsp3) is 0.250. The van der Waals surface area contributed by atoms with Crippen LogP contribution in [0.3, 0.4) is 0 Å². The van der Waals surface area contributed by atoms with Gasteiger partial charge < -0.3 is 0 Å². The van der Waals surface area contributed by atoms with E-state index < -0.39 is 18.2 Å². The van der Waals surface area contributed by atoms with Gasteiger partial charge in [-0.2, -0.15) is 13.2 Å². The van der Waals surface area contributed by atoms with Gasteiger partial charge in [-0.15, -0.1) is 0 Å². The van der Waals surface area contributed by atoms with Crippen LogP contribution >= 0.6 is 0 Å². The van der Waals surface area contributed by atoms with Crippen molar-refractivity contribution in [3.05, 3.63) is 47.5 Å². The molecule has 0 amide bonds. The predicted molar refractivity (Wildman–Crippen MR) is 58.3 cm³/mol. The van der Waals surface area contributed by atoms with Crippen LogP contribution in [0.5, 0.6) is 0 Å². The maximum absolute atomic E-state index is 12.8. The monoisotopic (exact) mass is 276 g/mol. The third-order valence-electron chi connectivity index (χ3n) is 2.64. The van der Waals surface area contributed by atoms with Crippen molar-refractivity contribution in [2.45, 2.75) is 19.5 Å². The first-order valence-electron chi connectivity index (χ1n) is 5.30. The van der Waals surface area contributed by atoms with Crippen molar-refractivity contribution >= 4 is 0 Å². The maximum atomic E-state index is 12.8.